The number of H-pyrrole nitrogens is 1. The topological polar surface area (TPSA) is 52.2 Å². The maximum atomic E-state index is 9.23. The van der Waals surface area contributed by atoms with Crippen LogP contribution in [-0.2, 0) is 6.54 Å². The van der Waals surface area contributed by atoms with Crippen molar-refractivity contribution in [2.24, 2.45) is 5.92 Å². The molecule has 1 unspecified atom stereocenters. The molecule has 1 saturated heterocycles. The number of aliphatic hydroxyl groups excluding tert-OH is 1. The average Bonchev–Trinajstić information content (AvgIpc) is 3.08. The van der Waals surface area contributed by atoms with Gasteiger partial charge in [-0.1, -0.05) is 23.8 Å². The molecule has 0 bridgehead atoms. The third-order valence-electron chi connectivity index (χ3n) is 4.05. The van der Waals surface area contributed by atoms with Crippen LogP contribution in [0, 0.1) is 12.8 Å². The van der Waals surface area contributed by atoms with Gasteiger partial charge in [0.25, 0.3) is 0 Å². The Labute approximate surface area is 119 Å². The van der Waals surface area contributed by atoms with Crippen molar-refractivity contribution < 1.29 is 5.11 Å². The fourth-order valence-corrected chi connectivity index (χ4v) is 2.93. The van der Waals surface area contributed by atoms with Gasteiger partial charge in [0, 0.05) is 30.8 Å². The molecule has 1 fully saturated rings. The summed E-state index contributed by atoms with van der Waals surface area (Å²) in [5, 5.41) is 16.6. The van der Waals surface area contributed by atoms with E-state index >= 15 is 0 Å². The highest BCUT2D eigenvalue weighted by Crippen LogP contribution is 2.25. The minimum absolute atomic E-state index is 0.298. The summed E-state index contributed by atoms with van der Waals surface area (Å²) in [6, 6.07) is 8.47. The van der Waals surface area contributed by atoms with E-state index in [4.69, 9.17) is 0 Å². The second-order valence-corrected chi connectivity index (χ2v) is 5.71. The number of aromatic amines is 1. The predicted molar refractivity (Wildman–Crippen MR) is 79.2 cm³/mol. The van der Waals surface area contributed by atoms with E-state index in [0.717, 1.165) is 31.7 Å². The zero-order valence-electron chi connectivity index (χ0n) is 11.8. The van der Waals surface area contributed by atoms with E-state index in [1.54, 1.807) is 0 Å². The summed E-state index contributed by atoms with van der Waals surface area (Å²) >= 11 is 0. The van der Waals surface area contributed by atoms with Gasteiger partial charge in [-0.25, -0.2) is 0 Å². The van der Waals surface area contributed by atoms with Gasteiger partial charge in [0.1, 0.15) is 0 Å². The SMILES string of the molecule is Cc1cccc(-c2[nH]ncc2CN2CCC(CO)C2)c1. The van der Waals surface area contributed by atoms with Crippen LogP contribution in [0.4, 0.5) is 0 Å². The molecule has 3 rings (SSSR count). The van der Waals surface area contributed by atoms with Crippen LogP contribution < -0.4 is 0 Å². The highest BCUT2D eigenvalue weighted by molar-refractivity contribution is 5.63. The molecule has 2 heterocycles. The van der Waals surface area contributed by atoms with E-state index < -0.39 is 0 Å². The molecule has 1 aliphatic rings. The lowest BCUT2D eigenvalue weighted by Crippen LogP contribution is -2.21. The highest BCUT2D eigenvalue weighted by atomic mass is 16.3. The van der Waals surface area contributed by atoms with Crippen molar-refractivity contribution in [3.63, 3.8) is 0 Å². The van der Waals surface area contributed by atoms with E-state index in [2.05, 4.69) is 46.3 Å². The van der Waals surface area contributed by atoms with Crippen LogP contribution in [0.2, 0.25) is 0 Å². The molecular formula is C16H21N3O. The Hall–Kier alpha value is -1.65. The molecule has 0 amide bonds. The van der Waals surface area contributed by atoms with Gasteiger partial charge in [0.2, 0.25) is 0 Å². The van der Waals surface area contributed by atoms with Gasteiger partial charge in [-0.3, -0.25) is 10.00 Å². The minimum Gasteiger partial charge on any atom is -0.396 e. The predicted octanol–water partition coefficient (Wildman–Crippen LogP) is 2.20. The van der Waals surface area contributed by atoms with E-state index in [-0.39, 0.29) is 0 Å². The average molecular weight is 271 g/mol. The van der Waals surface area contributed by atoms with Gasteiger partial charge in [0.05, 0.1) is 11.9 Å². The summed E-state index contributed by atoms with van der Waals surface area (Å²) < 4.78 is 0. The summed E-state index contributed by atoms with van der Waals surface area (Å²) in [4.78, 5) is 2.39. The Kier molecular flexibility index (Phi) is 3.85. The number of hydrogen-bond acceptors (Lipinski definition) is 3. The fraction of sp³-hybridized carbons (Fsp3) is 0.438. The van der Waals surface area contributed by atoms with Gasteiger partial charge in [-0.05, 0) is 31.9 Å². The third-order valence-corrected chi connectivity index (χ3v) is 4.05. The first-order valence-corrected chi connectivity index (χ1v) is 7.19. The number of rotatable bonds is 4. The first-order valence-electron chi connectivity index (χ1n) is 7.19. The number of hydrogen-bond donors (Lipinski definition) is 2. The van der Waals surface area contributed by atoms with Gasteiger partial charge >= 0.3 is 0 Å². The summed E-state index contributed by atoms with van der Waals surface area (Å²) in [7, 11) is 0. The van der Waals surface area contributed by atoms with E-state index in [1.807, 2.05) is 6.20 Å². The fourth-order valence-electron chi connectivity index (χ4n) is 2.93. The van der Waals surface area contributed by atoms with Crippen LogP contribution in [0.3, 0.4) is 0 Å². The molecule has 1 atom stereocenters. The van der Waals surface area contributed by atoms with Crippen molar-refractivity contribution in [2.45, 2.75) is 19.9 Å². The maximum absolute atomic E-state index is 9.23. The van der Waals surface area contributed by atoms with Crippen LogP contribution in [-0.4, -0.2) is 39.9 Å². The zero-order valence-corrected chi connectivity index (χ0v) is 11.8. The van der Waals surface area contributed by atoms with Crippen LogP contribution in [0.1, 0.15) is 17.5 Å². The van der Waals surface area contributed by atoms with Crippen LogP contribution in [0.15, 0.2) is 30.5 Å². The standard InChI is InChI=1S/C16H21N3O/c1-12-3-2-4-14(7-12)16-15(8-17-18-16)10-19-6-5-13(9-19)11-20/h2-4,7-8,13,20H,5-6,9-11H2,1H3,(H,17,18). The van der Waals surface area contributed by atoms with E-state index in [9.17, 15) is 5.11 Å². The van der Waals surface area contributed by atoms with Gasteiger partial charge < -0.3 is 5.11 Å². The van der Waals surface area contributed by atoms with Crippen molar-refractivity contribution in [3.8, 4) is 11.3 Å². The normalized spacial score (nSPS) is 19.6. The molecular weight excluding hydrogens is 250 g/mol. The molecule has 0 spiro atoms. The number of aliphatic hydroxyl groups is 1. The minimum atomic E-state index is 0.298. The summed E-state index contributed by atoms with van der Waals surface area (Å²) in [6.45, 7) is 5.34. The van der Waals surface area contributed by atoms with Crippen molar-refractivity contribution in [1.82, 2.24) is 15.1 Å². The second-order valence-electron chi connectivity index (χ2n) is 5.71. The molecule has 1 aromatic heterocycles. The molecule has 0 saturated carbocycles. The molecule has 0 aliphatic carbocycles. The highest BCUT2D eigenvalue weighted by Gasteiger charge is 2.22. The molecule has 0 radical (unpaired) electrons. The van der Waals surface area contributed by atoms with Crippen molar-refractivity contribution >= 4 is 0 Å². The second kappa shape index (κ2) is 5.77. The number of nitrogens with one attached hydrogen (secondary N) is 1. The zero-order chi connectivity index (χ0) is 13.9. The molecule has 2 aromatic rings. The molecule has 20 heavy (non-hydrogen) atoms. The van der Waals surface area contributed by atoms with Gasteiger partial charge in [-0.15, -0.1) is 0 Å². The van der Waals surface area contributed by atoms with Crippen LogP contribution >= 0.6 is 0 Å². The largest absolute Gasteiger partial charge is 0.396 e. The van der Waals surface area contributed by atoms with Gasteiger partial charge in [-0.2, -0.15) is 5.10 Å². The molecule has 4 nitrogen and oxygen atoms in total. The molecule has 2 N–H and O–H groups in total. The Morgan fingerprint density at radius 3 is 3.10 bits per heavy atom. The number of benzene rings is 1. The number of aryl methyl sites for hydroxylation is 1. The number of nitrogens with zero attached hydrogens (tertiary/aromatic N) is 2. The number of likely N-dealkylation sites (tertiary alicyclic amines) is 1. The monoisotopic (exact) mass is 271 g/mol. The first kappa shape index (κ1) is 13.3. The van der Waals surface area contributed by atoms with Crippen molar-refractivity contribution in [3.05, 3.63) is 41.6 Å². The molecule has 4 heteroatoms. The van der Waals surface area contributed by atoms with Crippen molar-refractivity contribution in [2.75, 3.05) is 19.7 Å². The Bertz CT molecular complexity index is 579. The lowest BCUT2D eigenvalue weighted by atomic mass is 10.1. The third kappa shape index (κ3) is 2.76. The van der Waals surface area contributed by atoms with Crippen LogP contribution in [0.25, 0.3) is 11.3 Å². The Morgan fingerprint density at radius 2 is 2.35 bits per heavy atom. The number of aromatic nitrogens is 2. The summed E-state index contributed by atoms with van der Waals surface area (Å²) in [5.41, 5.74) is 4.79. The van der Waals surface area contributed by atoms with E-state index in [0.29, 0.717) is 12.5 Å². The Balaban J connectivity index is 1.77. The smallest absolute Gasteiger partial charge is 0.0695 e. The summed E-state index contributed by atoms with van der Waals surface area (Å²) in [5.74, 6) is 0.435. The van der Waals surface area contributed by atoms with Crippen LogP contribution in [0.5, 0.6) is 0 Å². The van der Waals surface area contributed by atoms with Crippen molar-refractivity contribution in [1.29, 1.82) is 0 Å². The quantitative estimate of drug-likeness (QED) is 0.896. The molecule has 1 aliphatic heterocycles. The lowest BCUT2D eigenvalue weighted by Gasteiger charge is -2.15. The maximum Gasteiger partial charge on any atom is 0.0695 e. The Morgan fingerprint density at radius 1 is 1.45 bits per heavy atom. The molecule has 106 valence electrons. The van der Waals surface area contributed by atoms with Gasteiger partial charge in [0.15, 0.2) is 0 Å². The first-order chi connectivity index (χ1) is 9.76. The summed E-state index contributed by atoms with van der Waals surface area (Å²) in [6.07, 6.45) is 3.01. The lowest BCUT2D eigenvalue weighted by molar-refractivity contribution is 0.220. The van der Waals surface area contributed by atoms with E-state index in [1.165, 1.54) is 16.7 Å². The molecule has 1 aromatic carbocycles.